The zero-order valence-electron chi connectivity index (χ0n) is 12.4. The lowest BCUT2D eigenvalue weighted by Gasteiger charge is -2.16. The molecule has 1 atom stereocenters. The van der Waals surface area contributed by atoms with Gasteiger partial charge in [0.05, 0.1) is 17.7 Å². The second kappa shape index (κ2) is 6.11. The maximum atomic E-state index is 12.9. The minimum absolute atomic E-state index is 0.0309. The molecule has 7 heteroatoms. The summed E-state index contributed by atoms with van der Waals surface area (Å²) in [5, 5.41) is 11.8. The van der Waals surface area contributed by atoms with Gasteiger partial charge in [-0.2, -0.15) is 0 Å². The quantitative estimate of drug-likeness (QED) is 0.841. The molecule has 0 spiro atoms. The number of aromatic carboxylic acids is 1. The number of benzene rings is 2. The predicted octanol–water partition coefficient (Wildman–Crippen LogP) is 2.27. The third-order valence-corrected chi connectivity index (χ3v) is 3.70. The highest BCUT2D eigenvalue weighted by Crippen LogP contribution is 2.25. The summed E-state index contributed by atoms with van der Waals surface area (Å²) in [4.78, 5) is 36.5. The molecule has 6 nitrogen and oxygen atoms in total. The second-order valence-corrected chi connectivity index (χ2v) is 5.33. The number of nitrogens with one attached hydrogen (secondary N) is 1. The molecule has 0 bridgehead atoms. The Balaban J connectivity index is 1.78. The molecule has 3 rings (SSSR count). The lowest BCUT2D eigenvalue weighted by Crippen LogP contribution is -2.34. The summed E-state index contributed by atoms with van der Waals surface area (Å²) >= 11 is 0. The normalized spacial score (nSPS) is 17.2. The maximum absolute atomic E-state index is 12.9. The standard InChI is InChI=1S/C17H13FN2O4/c18-11-3-5-12(6-4-11)19-14-9-15(21)20(16(14)22)13-7-1-10(2-8-13)17(23)24/h1-8,14,19H,9H2,(H,23,24)/t14-/m1/s1. The number of carboxylic acid groups (broad SMARTS) is 1. The Morgan fingerprint density at radius 2 is 1.71 bits per heavy atom. The fourth-order valence-electron chi connectivity index (χ4n) is 2.52. The zero-order chi connectivity index (χ0) is 17.3. The first kappa shape index (κ1) is 15.7. The number of carboxylic acids is 1. The molecule has 0 aromatic heterocycles. The summed E-state index contributed by atoms with van der Waals surface area (Å²) in [5.41, 5.74) is 0.919. The molecule has 1 fully saturated rings. The number of carbonyl (C=O) groups is 3. The number of carbonyl (C=O) groups excluding carboxylic acids is 2. The van der Waals surface area contributed by atoms with Gasteiger partial charge in [0.25, 0.3) is 5.91 Å². The predicted molar refractivity (Wildman–Crippen MR) is 84.3 cm³/mol. The Morgan fingerprint density at radius 3 is 2.29 bits per heavy atom. The van der Waals surface area contributed by atoms with Crippen molar-refractivity contribution in [3.05, 3.63) is 59.9 Å². The molecular weight excluding hydrogens is 315 g/mol. The molecule has 0 aliphatic carbocycles. The van der Waals surface area contributed by atoms with Crippen molar-refractivity contribution in [1.29, 1.82) is 0 Å². The Labute approximate surface area is 136 Å². The van der Waals surface area contributed by atoms with E-state index in [2.05, 4.69) is 5.32 Å². The molecule has 1 heterocycles. The van der Waals surface area contributed by atoms with E-state index in [0.717, 1.165) is 4.90 Å². The van der Waals surface area contributed by atoms with Crippen LogP contribution in [0.1, 0.15) is 16.8 Å². The van der Waals surface area contributed by atoms with Gasteiger partial charge in [-0.15, -0.1) is 0 Å². The Morgan fingerprint density at radius 1 is 1.08 bits per heavy atom. The van der Waals surface area contributed by atoms with Gasteiger partial charge in [0.15, 0.2) is 0 Å². The molecule has 1 aliphatic heterocycles. The SMILES string of the molecule is O=C(O)c1ccc(N2C(=O)C[C@@H](Nc3ccc(F)cc3)C2=O)cc1. The number of anilines is 2. The fourth-order valence-corrected chi connectivity index (χ4v) is 2.52. The third kappa shape index (κ3) is 2.96. The topological polar surface area (TPSA) is 86.7 Å². The van der Waals surface area contributed by atoms with Crippen molar-refractivity contribution in [1.82, 2.24) is 0 Å². The van der Waals surface area contributed by atoms with Crippen molar-refractivity contribution in [2.45, 2.75) is 12.5 Å². The Hall–Kier alpha value is -3.22. The summed E-state index contributed by atoms with van der Waals surface area (Å²) in [7, 11) is 0. The van der Waals surface area contributed by atoms with Crippen LogP contribution in [0.5, 0.6) is 0 Å². The number of nitrogens with zero attached hydrogens (tertiary/aromatic N) is 1. The summed E-state index contributed by atoms with van der Waals surface area (Å²) in [6.45, 7) is 0. The van der Waals surface area contributed by atoms with E-state index in [1.807, 2.05) is 0 Å². The summed E-state index contributed by atoms with van der Waals surface area (Å²) in [5.74, 6) is -2.30. The first-order valence-corrected chi connectivity index (χ1v) is 7.18. The average Bonchev–Trinajstić information content (AvgIpc) is 2.83. The minimum atomic E-state index is -1.09. The van der Waals surface area contributed by atoms with Crippen molar-refractivity contribution >= 4 is 29.2 Å². The first-order valence-electron chi connectivity index (χ1n) is 7.18. The molecule has 2 amide bonds. The molecule has 2 N–H and O–H groups in total. The fraction of sp³-hybridized carbons (Fsp3) is 0.118. The lowest BCUT2D eigenvalue weighted by molar-refractivity contribution is -0.121. The maximum Gasteiger partial charge on any atom is 0.335 e. The van der Waals surface area contributed by atoms with Crippen LogP contribution in [0.15, 0.2) is 48.5 Å². The summed E-state index contributed by atoms with van der Waals surface area (Å²) < 4.78 is 12.9. The Kier molecular flexibility index (Phi) is 3.99. The number of hydrogen-bond donors (Lipinski definition) is 2. The van der Waals surface area contributed by atoms with Crippen LogP contribution >= 0.6 is 0 Å². The molecule has 0 radical (unpaired) electrons. The molecule has 1 aliphatic rings. The van der Waals surface area contributed by atoms with Crippen LogP contribution in [-0.2, 0) is 9.59 Å². The van der Waals surface area contributed by atoms with Gasteiger partial charge in [0, 0.05) is 5.69 Å². The summed E-state index contributed by atoms with van der Waals surface area (Å²) in [6.07, 6.45) is -0.0309. The van der Waals surface area contributed by atoms with Gasteiger partial charge in [0.1, 0.15) is 11.9 Å². The molecule has 122 valence electrons. The van der Waals surface area contributed by atoms with Crippen LogP contribution in [0.25, 0.3) is 0 Å². The highest BCUT2D eigenvalue weighted by atomic mass is 19.1. The second-order valence-electron chi connectivity index (χ2n) is 5.33. The van der Waals surface area contributed by atoms with E-state index in [4.69, 9.17) is 5.11 Å². The molecule has 2 aromatic carbocycles. The third-order valence-electron chi connectivity index (χ3n) is 3.70. The van der Waals surface area contributed by atoms with Crippen LogP contribution in [0.4, 0.5) is 15.8 Å². The highest BCUT2D eigenvalue weighted by Gasteiger charge is 2.39. The first-order chi connectivity index (χ1) is 11.5. The molecule has 0 unspecified atom stereocenters. The van der Waals surface area contributed by atoms with E-state index in [1.165, 1.54) is 48.5 Å². The van der Waals surface area contributed by atoms with Gasteiger partial charge < -0.3 is 10.4 Å². The van der Waals surface area contributed by atoms with E-state index in [0.29, 0.717) is 11.4 Å². The van der Waals surface area contributed by atoms with Crippen LogP contribution in [0, 0.1) is 5.82 Å². The van der Waals surface area contributed by atoms with Crippen LogP contribution in [0.3, 0.4) is 0 Å². The number of imide groups is 1. The van der Waals surface area contributed by atoms with E-state index in [-0.39, 0.29) is 17.9 Å². The van der Waals surface area contributed by atoms with Crippen molar-refractivity contribution in [2.75, 3.05) is 10.2 Å². The number of hydrogen-bond acceptors (Lipinski definition) is 4. The van der Waals surface area contributed by atoms with Gasteiger partial charge in [-0.3, -0.25) is 9.59 Å². The van der Waals surface area contributed by atoms with Gasteiger partial charge in [-0.05, 0) is 48.5 Å². The summed E-state index contributed by atoms with van der Waals surface area (Å²) in [6, 6.07) is 10.2. The monoisotopic (exact) mass is 328 g/mol. The molecular formula is C17H13FN2O4. The van der Waals surface area contributed by atoms with E-state index < -0.39 is 23.7 Å². The molecule has 2 aromatic rings. The minimum Gasteiger partial charge on any atom is -0.478 e. The largest absolute Gasteiger partial charge is 0.478 e. The highest BCUT2D eigenvalue weighted by molar-refractivity contribution is 6.23. The van der Waals surface area contributed by atoms with Gasteiger partial charge in [-0.25, -0.2) is 14.1 Å². The van der Waals surface area contributed by atoms with Crippen molar-refractivity contribution in [3.8, 4) is 0 Å². The van der Waals surface area contributed by atoms with Crippen molar-refractivity contribution < 1.29 is 23.9 Å². The number of rotatable bonds is 4. The van der Waals surface area contributed by atoms with Gasteiger partial charge in [0.2, 0.25) is 5.91 Å². The van der Waals surface area contributed by atoms with Crippen LogP contribution < -0.4 is 10.2 Å². The van der Waals surface area contributed by atoms with Crippen molar-refractivity contribution in [3.63, 3.8) is 0 Å². The van der Waals surface area contributed by atoms with Gasteiger partial charge in [-0.1, -0.05) is 0 Å². The average molecular weight is 328 g/mol. The van der Waals surface area contributed by atoms with E-state index >= 15 is 0 Å². The van der Waals surface area contributed by atoms with Crippen LogP contribution in [0.2, 0.25) is 0 Å². The molecule has 24 heavy (non-hydrogen) atoms. The zero-order valence-corrected chi connectivity index (χ0v) is 12.4. The smallest absolute Gasteiger partial charge is 0.335 e. The Bertz CT molecular complexity index is 802. The van der Waals surface area contributed by atoms with Crippen LogP contribution in [-0.4, -0.2) is 28.9 Å². The van der Waals surface area contributed by atoms with E-state index in [1.54, 1.807) is 0 Å². The number of halogens is 1. The van der Waals surface area contributed by atoms with Crippen molar-refractivity contribution in [2.24, 2.45) is 0 Å². The lowest BCUT2D eigenvalue weighted by atomic mass is 10.2. The van der Waals surface area contributed by atoms with E-state index in [9.17, 15) is 18.8 Å². The molecule has 1 saturated heterocycles. The van der Waals surface area contributed by atoms with Gasteiger partial charge >= 0.3 is 5.97 Å². The number of amides is 2. The molecule has 0 saturated carbocycles.